The number of nitrogens with zero attached hydrogens (tertiary/aromatic N) is 3. The van der Waals surface area contributed by atoms with Crippen LogP contribution in [0, 0.1) is 0 Å². The quantitative estimate of drug-likeness (QED) is 0.584. The first-order valence-corrected chi connectivity index (χ1v) is 10.4. The van der Waals surface area contributed by atoms with Gasteiger partial charge in [0.2, 0.25) is 0 Å². The van der Waals surface area contributed by atoms with Gasteiger partial charge in [-0.05, 0) is 17.9 Å². The molecule has 0 amide bonds. The zero-order valence-electron chi connectivity index (χ0n) is 11.9. The van der Waals surface area contributed by atoms with E-state index in [-0.39, 0.29) is 0 Å². The molecule has 2 aromatic heterocycles. The van der Waals surface area contributed by atoms with Gasteiger partial charge in [-0.1, -0.05) is 60.0 Å². The van der Waals surface area contributed by atoms with Crippen molar-refractivity contribution in [1.82, 2.24) is 15.2 Å². The second-order valence-electron chi connectivity index (χ2n) is 4.19. The molecular weight excluding hydrogens is 352 g/mol. The van der Waals surface area contributed by atoms with Gasteiger partial charge in [0.15, 0.2) is 13.8 Å². The summed E-state index contributed by atoms with van der Waals surface area (Å²) in [6.07, 6.45) is 0. The summed E-state index contributed by atoms with van der Waals surface area (Å²) in [5.74, 6) is 1.85. The van der Waals surface area contributed by atoms with Gasteiger partial charge in [0.1, 0.15) is 0 Å². The van der Waals surface area contributed by atoms with E-state index in [1.165, 1.54) is 0 Å². The molecule has 8 heteroatoms. The summed E-state index contributed by atoms with van der Waals surface area (Å²) >= 11 is 6.69. The average Bonchev–Trinajstić information content (AvgIpc) is 3.16. The number of thiazole rings is 1. The first-order chi connectivity index (χ1) is 10.8. The maximum Gasteiger partial charge on any atom is 0.187 e. The van der Waals surface area contributed by atoms with Gasteiger partial charge >= 0.3 is 0 Å². The summed E-state index contributed by atoms with van der Waals surface area (Å²) in [7, 11) is 0. The van der Waals surface area contributed by atoms with Crippen LogP contribution in [0.5, 0.6) is 0 Å². The standard InChI is InChI=1S/C14H14N4S4/c1-2-19-13-17-18-14(22-13)21-9-11-8-20-12(16-11)15-10-6-4-3-5-7-10/h3-8H,2,9H2,1H3,(H,15,16). The molecule has 22 heavy (non-hydrogen) atoms. The van der Waals surface area contributed by atoms with Crippen LogP contribution in [0.2, 0.25) is 0 Å². The Kier molecular flexibility index (Phi) is 5.71. The van der Waals surface area contributed by atoms with E-state index in [4.69, 9.17) is 0 Å². The Balaban J connectivity index is 1.55. The maximum atomic E-state index is 4.60. The topological polar surface area (TPSA) is 50.7 Å². The van der Waals surface area contributed by atoms with Crippen molar-refractivity contribution in [1.29, 1.82) is 0 Å². The van der Waals surface area contributed by atoms with Gasteiger partial charge < -0.3 is 5.32 Å². The lowest BCUT2D eigenvalue weighted by Crippen LogP contribution is -1.89. The van der Waals surface area contributed by atoms with Crippen molar-refractivity contribution in [3.05, 3.63) is 41.4 Å². The van der Waals surface area contributed by atoms with E-state index in [0.29, 0.717) is 0 Å². The molecule has 0 unspecified atom stereocenters. The highest BCUT2D eigenvalue weighted by atomic mass is 32.2. The van der Waals surface area contributed by atoms with Gasteiger partial charge in [-0.2, -0.15) is 0 Å². The van der Waals surface area contributed by atoms with E-state index in [2.05, 4.69) is 32.8 Å². The van der Waals surface area contributed by atoms with Crippen molar-refractivity contribution in [3.63, 3.8) is 0 Å². The van der Waals surface area contributed by atoms with Gasteiger partial charge in [0.05, 0.1) is 5.69 Å². The zero-order chi connectivity index (χ0) is 15.2. The molecule has 0 aliphatic rings. The normalized spacial score (nSPS) is 10.8. The lowest BCUT2D eigenvalue weighted by Gasteiger charge is -2.00. The Morgan fingerprint density at radius 3 is 2.64 bits per heavy atom. The second-order valence-corrected chi connectivity index (χ2v) is 8.76. The van der Waals surface area contributed by atoms with E-state index in [1.807, 2.05) is 30.3 Å². The number of benzene rings is 1. The van der Waals surface area contributed by atoms with E-state index < -0.39 is 0 Å². The fourth-order valence-electron chi connectivity index (χ4n) is 1.65. The molecule has 2 heterocycles. The number of thioether (sulfide) groups is 2. The second kappa shape index (κ2) is 7.96. The van der Waals surface area contributed by atoms with Crippen LogP contribution in [-0.2, 0) is 5.75 Å². The number of aromatic nitrogens is 3. The van der Waals surface area contributed by atoms with Gasteiger partial charge in [0.25, 0.3) is 0 Å². The van der Waals surface area contributed by atoms with Gasteiger partial charge in [-0.3, -0.25) is 0 Å². The summed E-state index contributed by atoms with van der Waals surface area (Å²) in [5.41, 5.74) is 2.12. The summed E-state index contributed by atoms with van der Waals surface area (Å²) in [5, 5.41) is 14.7. The maximum absolute atomic E-state index is 4.60. The molecule has 1 aromatic carbocycles. The molecule has 0 spiro atoms. The predicted octanol–water partition coefficient (Wildman–Crippen LogP) is 5.14. The van der Waals surface area contributed by atoms with Gasteiger partial charge in [0, 0.05) is 16.8 Å². The van der Waals surface area contributed by atoms with Crippen LogP contribution in [0.25, 0.3) is 0 Å². The molecule has 0 radical (unpaired) electrons. The molecule has 0 saturated heterocycles. The highest BCUT2D eigenvalue weighted by Crippen LogP contribution is 2.31. The lowest BCUT2D eigenvalue weighted by atomic mass is 10.3. The molecular formula is C14H14N4S4. The van der Waals surface area contributed by atoms with Crippen molar-refractivity contribution in [2.24, 2.45) is 0 Å². The Bertz CT molecular complexity index is 710. The van der Waals surface area contributed by atoms with Crippen LogP contribution < -0.4 is 5.32 Å². The molecule has 3 rings (SSSR count). The fourth-order valence-corrected chi connectivity index (χ4v) is 5.29. The number of para-hydroxylation sites is 1. The van der Waals surface area contributed by atoms with Crippen LogP contribution in [0.4, 0.5) is 10.8 Å². The molecule has 0 atom stereocenters. The highest BCUT2D eigenvalue weighted by molar-refractivity contribution is 8.02. The zero-order valence-corrected chi connectivity index (χ0v) is 15.1. The largest absolute Gasteiger partial charge is 0.332 e. The SMILES string of the molecule is CCSc1nnc(SCc2csc(Nc3ccccc3)n2)s1. The van der Waals surface area contributed by atoms with E-state index >= 15 is 0 Å². The lowest BCUT2D eigenvalue weighted by molar-refractivity contribution is 0.954. The summed E-state index contributed by atoms with van der Waals surface area (Å²) < 4.78 is 2.04. The number of hydrogen-bond donors (Lipinski definition) is 1. The Hall–Kier alpha value is -1.09. The van der Waals surface area contributed by atoms with E-state index in [1.54, 1.807) is 46.2 Å². The number of nitrogens with one attached hydrogen (secondary N) is 1. The molecule has 0 aliphatic carbocycles. The van der Waals surface area contributed by atoms with E-state index in [9.17, 15) is 0 Å². The van der Waals surface area contributed by atoms with Crippen molar-refractivity contribution in [2.45, 2.75) is 21.4 Å². The third-order valence-electron chi connectivity index (χ3n) is 2.58. The highest BCUT2D eigenvalue weighted by Gasteiger charge is 2.07. The van der Waals surface area contributed by atoms with Crippen LogP contribution >= 0.6 is 46.2 Å². The van der Waals surface area contributed by atoms with Crippen molar-refractivity contribution in [2.75, 3.05) is 11.1 Å². The predicted molar refractivity (Wildman–Crippen MR) is 97.7 cm³/mol. The fraction of sp³-hybridized carbons (Fsp3) is 0.214. The third kappa shape index (κ3) is 4.45. The Morgan fingerprint density at radius 2 is 1.86 bits per heavy atom. The number of rotatable bonds is 7. The summed E-state index contributed by atoms with van der Waals surface area (Å²) in [6, 6.07) is 10.1. The minimum Gasteiger partial charge on any atom is -0.332 e. The molecule has 0 saturated carbocycles. The smallest absolute Gasteiger partial charge is 0.187 e. The minimum atomic E-state index is 0.818. The van der Waals surface area contributed by atoms with E-state index in [0.717, 1.165) is 36.7 Å². The minimum absolute atomic E-state index is 0.818. The molecule has 4 nitrogen and oxygen atoms in total. The first kappa shape index (κ1) is 15.8. The van der Waals surface area contributed by atoms with Crippen LogP contribution in [0.1, 0.15) is 12.6 Å². The summed E-state index contributed by atoms with van der Waals surface area (Å²) in [6.45, 7) is 2.12. The monoisotopic (exact) mass is 366 g/mol. The number of anilines is 2. The molecule has 3 aromatic rings. The first-order valence-electron chi connectivity index (χ1n) is 6.69. The van der Waals surface area contributed by atoms with Crippen molar-refractivity contribution >= 4 is 57.0 Å². The Morgan fingerprint density at radius 1 is 1.09 bits per heavy atom. The Labute approximate surface area is 145 Å². The molecule has 0 bridgehead atoms. The van der Waals surface area contributed by atoms with Gasteiger partial charge in [-0.15, -0.1) is 21.5 Å². The molecule has 0 aliphatic heterocycles. The molecule has 0 fully saturated rings. The summed E-state index contributed by atoms with van der Waals surface area (Å²) in [4.78, 5) is 4.60. The number of hydrogen-bond acceptors (Lipinski definition) is 8. The van der Waals surface area contributed by atoms with Crippen molar-refractivity contribution in [3.8, 4) is 0 Å². The van der Waals surface area contributed by atoms with Crippen LogP contribution in [-0.4, -0.2) is 20.9 Å². The third-order valence-corrected chi connectivity index (χ3v) is 6.49. The molecule has 1 N–H and O–H groups in total. The van der Waals surface area contributed by atoms with Gasteiger partial charge in [-0.25, -0.2) is 4.98 Å². The average molecular weight is 367 g/mol. The molecule has 114 valence electrons. The van der Waals surface area contributed by atoms with Crippen LogP contribution in [0.15, 0.2) is 44.4 Å². The van der Waals surface area contributed by atoms with Crippen LogP contribution in [0.3, 0.4) is 0 Å². The van der Waals surface area contributed by atoms with Crippen molar-refractivity contribution < 1.29 is 0 Å².